The van der Waals surface area contributed by atoms with Gasteiger partial charge in [0.2, 0.25) is 0 Å². The van der Waals surface area contributed by atoms with Gasteiger partial charge in [-0.25, -0.2) is 4.79 Å². The molecule has 0 spiro atoms. The molecule has 1 heterocycles. The highest BCUT2D eigenvalue weighted by Gasteiger charge is 2.13. The van der Waals surface area contributed by atoms with Crippen molar-refractivity contribution in [3.63, 3.8) is 0 Å². The number of nitrogens with two attached hydrogens (primary N) is 1. The van der Waals surface area contributed by atoms with Gasteiger partial charge in [-0.2, -0.15) is 0 Å². The molecular formula is C11H12N2O2. The van der Waals surface area contributed by atoms with E-state index in [-0.39, 0.29) is 0 Å². The Morgan fingerprint density at radius 1 is 1.53 bits per heavy atom. The summed E-state index contributed by atoms with van der Waals surface area (Å²) in [5, 5.41) is 9.81. The van der Waals surface area contributed by atoms with Gasteiger partial charge >= 0.3 is 5.97 Å². The minimum atomic E-state index is -0.915. The number of rotatable bonds is 2. The fraction of sp³-hybridized carbons (Fsp3) is 0.182. The van der Waals surface area contributed by atoms with Gasteiger partial charge in [0.15, 0.2) is 0 Å². The Morgan fingerprint density at radius 3 is 2.87 bits per heavy atom. The van der Waals surface area contributed by atoms with Crippen molar-refractivity contribution in [2.45, 2.75) is 6.54 Å². The lowest BCUT2D eigenvalue weighted by Gasteiger charge is -2.00. The third kappa shape index (κ3) is 1.39. The molecule has 0 radical (unpaired) electrons. The maximum atomic E-state index is 11.0. The molecule has 0 aliphatic carbocycles. The first-order valence-electron chi connectivity index (χ1n) is 4.65. The van der Waals surface area contributed by atoms with Crippen LogP contribution in [0.25, 0.3) is 10.9 Å². The number of aromatic nitrogens is 1. The molecule has 78 valence electrons. The van der Waals surface area contributed by atoms with Gasteiger partial charge in [-0.1, -0.05) is 6.07 Å². The average Bonchev–Trinajstić information content (AvgIpc) is 2.55. The number of nitrogens with zero attached hydrogens (tertiary/aromatic N) is 1. The number of carbonyl (C=O) groups is 1. The van der Waals surface area contributed by atoms with Crippen LogP contribution in [0.5, 0.6) is 0 Å². The summed E-state index contributed by atoms with van der Waals surface area (Å²) in [5.41, 5.74) is 7.67. The largest absolute Gasteiger partial charge is 0.478 e. The topological polar surface area (TPSA) is 68.2 Å². The van der Waals surface area contributed by atoms with Crippen molar-refractivity contribution >= 4 is 16.9 Å². The number of carboxylic acid groups (broad SMARTS) is 1. The lowest BCUT2D eigenvalue weighted by atomic mass is 10.1. The zero-order valence-electron chi connectivity index (χ0n) is 8.40. The van der Waals surface area contributed by atoms with Gasteiger partial charge in [0.25, 0.3) is 0 Å². The van der Waals surface area contributed by atoms with E-state index in [2.05, 4.69) is 0 Å². The first kappa shape index (κ1) is 9.73. The number of carboxylic acids is 1. The van der Waals surface area contributed by atoms with Crippen LogP contribution in [0, 0.1) is 0 Å². The Kier molecular flexibility index (Phi) is 2.21. The molecule has 0 aliphatic heterocycles. The van der Waals surface area contributed by atoms with Crippen LogP contribution in [-0.2, 0) is 13.6 Å². The summed E-state index contributed by atoms with van der Waals surface area (Å²) in [6, 6.07) is 5.23. The molecule has 0 aliphatic rings. The highest BCUT2D eigenvalue weighted by molar-refractivity contribution is 6.04. The summed E-state index contributed by atoms with van der Waals surface area (Å²) in [6.07, 6.45) is 1.87. The SMILES string of the molecule is Cn1cc(CN)c2c(C(=O)O)cccc21. The van der Waals surface area contributed by atoms with Crippen molar-refractivity contribution in [1.82, 2.24) is 4.57 Å². The standard InChI is InChI=1S/C11H12N2O2/c1-13-6-7(5-12)10-8(11(14)15)3-2-4-9(10)13/h2-4,6H,5,12H2,1H3,(H,14,15). The molecule has 0 saturated carbocycles. The summed E-state index contributed by atoms with van der Waals surface area (Å²) >= 11 is 0. The molecule has 2 aromatic rings. The molecule has 2 rings (SSSR count). The van der Waals surface area contributed by atoms with Crippen LogP contribution in [-0.4, -0.2) is 15.6 Å². The predicted octanol–water partition coefficient (Wildman–Crippen LogP) is 1.34. The van der Waals surface area contributed by atoms with Crippen LogP contribution < -0.4 is 5.73 Å². The zero-order valence-corrected chi connectivity index (χ0v) is 8.40. The fourth-order valence-electron chi connectivity index (χ4n) is 1.87. The van der Waals surface area contributed by atoms with Crippen molar-refractivity contribution in [2.75, 3.05) is 0 Å². The second kappa shape index (κ2) is 3.40. The zero-order chi connectivity index (χ0) is 11.0. The fourth-order valence-corrected chi connectivity index (χ4v) is 1.87. The molecule has 0 fully saturated rings. The summed E-state index contributed by atoms with van der Waals surface area (Å²) < 4.78 is 1.89. The Morgan fingerprint density at radius 2 is 2.27 bits per heavy atom. The number of fused-ring (bicyclic) bond motifs is 1. The lowest BCUT2D eigenvalue weighted by molar-refractivity contribution is 0.0699. The molecular weight excluding hydrogens is 192 g/mol. The van der Waals surface area contributed by atoms with E-state index in [1.165, 1.54) is 0 Å². The van der Waals surface area contributed by atoms with Crippen LogP contribution in [0.2, 0.25) is 0 Å². The summed E-state index contributed by atoms with van der Waals surface area (Å²) in [4.78, 5) is 11.0. The van der Waals surface area contributed by atoms with Crippen LogP contribution in [0.4, 0.5) is 0 Å². The average molecular weight is 204 g/mol. The smallest absolute Gasteiger partial charge is 0.336 e. The van der Waals surface area contributed by atoms with Crippen molar-refractivity contribution in [3.05, 3.63) is 35.5 Å². The second-order valence-corrected chi connectivity index (χ2v) is 3.47. The maximum Gasteiger partial charge on any atom is 0.336 e. The summed E-state index contributed by atoms with van der Waals surface area (Å²) in [6.45, 7) is 0.349. The van der Waals surface area contributed by atoms with E-state index in [0.717, 1.165) is 16.5 Å². The number of benzene rings is 1. The van der Waals surface area contributed by atoms with Crippen LogP contribution >= 0.6 is 0 Å². The van der Waals surface area contributed by atoms with Crippen molar-refractivity contribution < 1.29 is 9.90 Å². The molecule has 1 aromatic heterocycles. The van der Waals surface area contributed by atoms with Gasteiger partial charge in [0.1, 0.15) is 0 Å². The Hall–Kier alpha value is -1.81. The number of aromatic carboxylic acids is 1. The molecule has 4 nitrogen and oxygen atoms in total. The van der Waals surface area contributed by atoms with Gasteiger partial charge < -0.3 is 15.4 Å². The Balaban J connectivity index is 2.88. The van der Waals surface area contributed by atoms with E-state index in [0.29, 0.717) is 12.1 Å². The molecule has 0 bridgehead atoms. The summed E-state index contributed by atoms with van der Waals surface area (Å²) in [5.74, 6) is -0.915. The van der Waals surface area contributed by atoms with Crippen LogP contribution in [0.3, 0.4) is 0 Å². The van der Waals surface area contributed by atoms with Gasteiger partial charge in [-0.05, 0) is 17.7 Å². The molecule has 0 atom stereocenters. The predicted molar refractivity (Wildman–Crippen MR) is 57.8 cm³/mol. The number of hydrogen-bond acceptors (Lipinski definition) is 2. The Bertz CT molecular complexity index is 529. The second-order valence-electron chi connectivity index (χ2n) is 3.47. The van der Waals surface area contributed by atoms with E-state index in [1.54, 1.807) is 12.1 Å². The quantitative estimate of drug-likeness (QED) is 0.775. The van der Waals surface area contributed by atoms with Crippen LogP contribution in [0.1, 0.15) is 15.9 Å². The van der Waals surface area contributed by atoms with Crippen molar-refractivity contribution in [2.24, 2.45) is 12.8 Å². The molecule has 4 heteroatoms. The van der Waals surface area contributed by atoms with E-state index in [1.807, 2.05) is 23.9 Å². The lowest BCUT2D eigenvalue weighted by Crippen LogP contribution is -2.00. The molecule has 3 N–H and O–H groups in total. The highest BCUT2D eigenvalue weighted by atomic mass is 16.4. The van der Waals surface area contributed by atoms with Crippen molar-refractivity contribution in [1.29, 1.82) is 0 Å². The third-order valence-corrected chi connectivity index (χ3v) is 2.54. The van der Waals surface area contributed by atoms with E-state index in [4.69, 9.17) is 10.8 Å². The van der Waals surface area contributed by atoms with Crippen molar-refractivity contribution in [3.8, 4) is 0 Å². The molecule has 0 unspecified atom stereocenters. The minimum Gasteiger partial charge on any atom is -0.478 e. The molecule has 0 saturated heterocycles. The van der Waals surface area contributed by atoms with Gasteiger partial charge in [-0.3, -0.25) is 0 Å². The first-order chi connectivity index (χ1) is 7.15. The van der Waals surface area contributed by atoms with E-state index >= 15 is 0 Å². The monoisotopic (exact) mass is 204 g/mol. The molecule has 15 heavy (non-hydrogen) atoms. The van der Waals surface area contributed by atoms with Gasteiger partial charge in [-0.15, -0.1) is 0 Å². The van der Waals surface area contributed by atoms with Crippen LogP contribution in [0.15, 0.2) is 24.4 Å². The summed E-state index contributed by atoms with van der Waals surface area (Å²) in [7, 11) is 1.88. The van der Waals surface area contributed by atoms with Gasteiger partial charge in [0.05, 0.1) is 5.56 Å². The maximum absolute atomic E-state index is 11.0. The number of hydrogen-bond donors (Lipinski definition) is 2. The normalized spacial score (nSPS) is 10.8. The van der Waals surface area contributed by atoms with Gasteiger partial charge in [0, 0.05) is 30.7 Å². The third-order valence-electron chi connectivity index (χ3n) is 2.54. The molecule has 1 aromatic carbocycles. The van der Waals surface area contributed by atoms with E-state index < -0.39 is 5.97 Å². The Labute approximate surface area is 86.9 Å². The highest BCUT2D eigenvalue weighted by Crippen LogP contribution is 2.24. The minimum absolute atomic E-state index is 0.313. The number of aryl methyl sites for hydroxylation is 1. The first-order valence-corrected chi connectivity index (χ1v) is 4.65. The van der Waals surface area contributed by atoms with E-state index in [9.17, 15) is 4.79 Å². The molecule has 0 amide bonds.